The van der Waals surface area contributed by atoms with E-state index in [9.17, 15) is 0 Å². The molecule has 3 aromatic rings. The van der Waals surface area contributed by atoms with Gasteiger partial charge in [-0.3, -0.25) is 4.57 Å². The Bertz CT molecular complexity index is 763. The molecule has 2 aromatic carbocycles. The second-order valence-electron chi connectivity index (χ2n) is 5.03. The molecule has 96 valence electrons. The molecule has 3 heteroatoms. The van der Waals surface area contributed by atoms with Crippen molar-refractivity contribution in [1.29, 1.82) is 0 Å². The third kappa shape index (κ3) is 2.10. The van der Waals surface area contributed by atoms with Crippen LogP contribution in [-0.4, -0.2) is 9.55 Å². The van der Waals surface area contributed by atoms with Gasteiger partial charge in [0.25, 0.3) is 0 Å². The average molecular weight is 268 g/mol. The lowest BCUT2D eigenvalue weighted by Gasteiger charge is -2.08. The summed E-state index contributed by atoms with van der Waals surface area (Å²) in [6.45, 7) is 4.40. The number of fused-ring (bicyclic) bond motifs is 1. The Morgan fingerprint density at radius 3 is 2.37 bits per heavy atom. The van der Waals surface area contributed by atoms with Crippen molar-refractivity contribution in [2.45, 2.75) is 19.8 Å². The number of H-pyrrole nitrogens is 1. The van der Waals surface area contributed by atoms with Gasteiger partial charge in [0.1, 0.15) is 0 Å². The van der Waals surface area contributed by atoms with Crippen LogP contribution in [0.15, 0.2) is 48.5 Å². The van der Waals surface area contributed by atoms with Gasteiger partial charge in [-0.05, 0) is 48.0 Å². The van der Waals surface area contributed by atoms with Crippen LogP contribution in [0.4, 0.5) is 0 Å². The molecule has 0 atom stereocenters. The van der Waals surface area contributed by atoms with Crippen LogP contribution < -0.4 is 0 Å². The zero-order valence-electron chi connectivity index (χ0n) is 11.1. The van der Waals surface area contributed by atoms with E-state index in [2.05, 4.69) is 53.7 Å². The molecule has 0 radical (unpaired) electrons. The number of aromatic nitrogens is 2. The van der Waals surface area contributed by atoms with E-state index in [1.807, 2.05) is 18.2 Å². The SMILES string of the molecule is CC(C)c1ccc(-n2c(=S)[nH]c3ccccc32)cc1. The van der Waals surface area contributed by atoms with Crippen molar-refractivity contribution in [1.82, 2.24) is 9.55 Å². The summed E-state index contributed by atoms with van der Waals surface area (Å²) in [4.78, 5) is 3.24. The van der Waals surface area contributed by atoms with Crippen LogP contribution in [0.5, 0.6) is 0 Å². The van der Waals surface area contributed by atoms with Crippen molar-refractivity contribution in [3.63, 3.8) is 0 Å². The fraction of sp³-hybridized carbons (Fsp3) is 0.188. The molecule has 1 N–H and O–H groups in total. The standard InChI is InChI=1S/C16H16N2S/c1-11(2)12-7-9-13(10-8-12)18-15-6-4-3-5-14(15)17-16(18)19/h3-11H,1-2H3,(H,17,19). The molecule has 0 saturated heterocycles. The van der Waals surface area contributed by atoms with Gasteiger partial charge in [-0.1, -0.05) is 38.1 Å². The molecule has 0 amide bonds. The van der Waals surface area contributed by atoms with E-state index in [1.54, 1.807) is 0 Å². The lowest BCUT2D eigenvalue weighted by Crippen LogP contribution is -1.95. The zero-order chi connectivity index (χ0) is 13.4. The molecule has 0 bridgehead atoms. The quantitative estimate of drug-likeness (QED) is 0.661. The summed E-state index contributed by atoms with van der Waals surface area (Å²) in [5.41, 5.74) is 4.63. The number of hydrogen-bond donors (Lipinski definition) is 1. The van der Waals surface area contributed by atoms with Gasteiger partial charge in [0.15, 0.2) is 4.77 Å². The number of nitrogens with zero attached hydrogens (tertiary/aromatic N) is 1. The molecule has 0 saturated carbocycles. The summed E-state index contributed by atoms with van der Waals surface area (Å²) in [6, 6.07) is 16.8. The average Bonchev–Trinajstić information content (AvgIpc) is 2.74. The Morgan fingerprint density at radius 2 is 1.68 bits per heavy atom. The number of nitrogens with one attached hydrogen (secondary N) is 1. The highest BCUT2D eigenvalue weighted by Crippen LogP contribution is 2.21. The molecule has 0 spiro atoms. The molecule has 0 aliphatic rings. The van der Waals surface area contributed by atoms with E-state index in [0.717, 1.165) is 21.5 Å². The Kier molecular flexibility index (Phi) is 2.99. The highest BCUT2D eigenvalue weighted by atomic mass is 32.1. The summed E-state index contributed by atoms with van der Waals surface area (Å²) < 4.78 is 2.81. The van der Waals surface area contributed by atoms with Crippen LogP contribution >= 0.6 is 12.2 Å². The summed E-state index contributed by atoms with van der Waals surface area (Å²) in [7, 11) is 0. The molecule has 1 aromatic heterocycles. The van der Waals surface area contributed by atoms with E-state index in [4.69, 9.17) is 12.2 Å². The second-order valence-corrected chi connectivity index (χ2v) is 5.42. The molecule has 0 fully saturated rings. The van der Waals surface area contributed by atoms with Gasteiger partial charge in [0.05, 0.1) is 11.0 Å². The summed E-state index contributed by atoms with van der Waals surface area (Å²) in [6.07, 6.45) is 0. The van der Waals surface area contributed by atoms with Gasteiger partial charge in [-0.15, -0.1) is 0 Å². The van der Waals surface area contributed by atoms with E-state index < -0.39 is 0 Å². The predicted molar refractivity (Wildman–Crippen MR) is 82.5 cm³/mol. The van der Waals surface area contributed by atoms with Crippen LogP contribution in [0.3, 0.4) is 0 Å². The minimum atomic E-state index is 0.546. The Morgan fingerprint density at radius 1 is 1.00 bits per heavy atom. The minimum absolute atomic E-state index is 0.546. The van der Waals surface area contributed by atoms with Crippen molar-refractivity contribution in [2.24, 2.45) is 0 Å². The lowest BCUT2D eigenvalue weighted by molar-refractivity contribution is 0.865. The molecule has 0 aliphatic heterocycles. The number of hydrogen-bond acceptors (Lipinski definition) is 1. The number of benzene rings is 2. The minimum Gasteiger partial charge on any atom is -0.330 e. The maximum atomic E-state index is 5.43. The Labute approximate surface area is 117 Å². The van der Waals surface area contributed by atoms with Crippen LogP contribution in [-0.2, 0) is 0 Å². The van der Waals surface area contributed by atoms with Gasteiger partial charge in [0, 0.05) is 5.69 Å². The first kappa shape index (κ1) is 12.2. The molecule has 19 heavy (non-hydrogen) atoms. The van der Waals surface area contributed by atoms with Crippen LogP contribution in [0.2, 0.25) is 0 Å². The molecule has 2 nitrogen and oxygen atoms in total. The summed E-state index contributed by atoms with van der Waals surface area (Å²) >= 11 is 5.43. The largest absolute Gasteiger partial charge is 0.330 e. The second kappa shape index (κ2) is 4.67. The highest BCUT2D eigenvalue weighted by Gasteiger charge is 2.06. The van der Waals surface area contributed by atoms with E-state index in [0.29, 0.717) is 5.92 Å². The first-order valence-electron chi connectivity index (χ1n) is 6.47. The number of rotatable bonds is 2. The molecular formula is C16H16N2S. The third-order valence-corrected chi connectivity index (χ3v) is 3.69. The summed E-state index contributed by atoms with van der Waals surface area (Å²) in [5.74, 6) is 0.546. The number of imidazole rings is 1. The molecule has 1 heterocycles. The molecule has 0 aliphatic carbocycles. The first-order valence-corrected chi connectivity index (χ1v) is 6.88. The maximum absolute atomic E-state index is 5.43. The number of para-hydroxylation sites is 2. The Hall–Kier alpha value is -1.87. The highest BCUT2D eigenvalue weighted by molar-refractivity contribution is 7.71. The van der Waals surface area contributed by atoms with Crippen molar-refractivity contribution in [3.8, 4) is 5.69 Å². The zero-order valence-corrected chi connectivity index (χ0v) is 11.9. The van der Waals surface area contributed by atoms with Crippen LogP contribution in [0.1, 0.15) is 25.3 Å². The molecule has 3 rings (SSSR count). The van der Waals surface area contributed by atoms with Crippen molar-refractivity contribution < 1.29 is 0 Å². The van der Waals surface area contributed by atoms with Gasteiger partial charge >= 0.3 is 0 Å². The molecule has 0 unspecified atom stereocenters. The smallest absolute Gasteiger partial charge is 0.182 e. The van der Waals surface area contributed by atoms with Crippen LogP contribution in [0, 0.1) is 4.77 Å². The van der Waals surface area contributed by atoms with Crippen molar-refractivity contribution >= 4 is 23.3 Å². The summed E-state index contributed by atoms with van der Waals surface area (Å²) in [5, 5.41) is 0. The monoisotopic (exact) mass is 268 g/mol. The fourth-order valence-electron chi connectivity index (χ4n) is 2.32. The Balaban J connectivity index is 2.19. The van der Waals surface area contributed by atoms with Gasteiger partial charge in [0.2, 0.25) is 0 Å². The maximum Gasteiger partial charge on any atom is 0.182 e. The van der Waals surface area contributed by atoms with Gasteiger partial charge in [-0.2, -0.15) is 0 Å². The van der Waals surface area contributed by atoms with Gasteiger partial charge < -0.3 is 4.98 Å². The lowest BCUT2D eigenvalue weighted by atomic mass is 10.0. The topological polar surface area (TPSA) is 20.7 Å². The normalized spacial score (nSPS) is 11.3. The van der Waals surface area contributed by atoms with Crippen LogP contribution in [0.25, 0.3) is 16.7 Å². The van der Waals surface area contributed by atoms with E-state index >= 15 is 0 Å². The van der Waals surface area contributed by atoms with Crippen molar-refractivity contribution in [2.75, 3.05) is 0 Å². The third-order valence-electron chi connectivity index (χ3n) is 3.41. The molecular weight excluding hydrogens is 252 g/mol. The van der Waals surface area contributed by atoms with E-state index in [1.165, 1.54) is 5.56 Å². The first-order chi connectivity index (χ1) is 9.16. The van der Waals surface area contributed by atoms with Gasteiger partial charge in [-0.25, -0.2) is 0 Å². The predicted octanol–water partition coefficient (Wildman–Crippen LogP) is 4.81. The number of aromatic amines is 1. The van der Waals surface area contributed by atoms with Crippen molar-refractivity contribution in [3.05, 3.63) is 58.9 Å². The fourth-order valence-corrected chi connectivity index (χ4v) is 2.63. The van der Waals surface area contributed by atoms with E-state index in [-0.39, 0.29) is 0 Å².